The molecule has 1 N–H and O–H groups in total. The molecule has 1 aliphatic rings. The minimum Gasteiger partial charge on any atom is -0.347 e. The molecule has 0 spiro atoms. The molecule has 0 saturated carbocycles. The normalized spacial score (nSPS) is 13.6. The lowest BCUT2D eigenvalue weighted by Crippen LogP contribution is -2.32. The Labute approximate surface area is 176 Å². The fourth-order valence-corrected chi connectivity index (χ4v) is 3.32. The van der Waals surface area contributed by atoms with Gasteiger partial charge in [-0.3, -0.25) is 9.48 Å². The van der Waals surface area contributed by atoms with Crippen LogP contribution in [0.2, 0.25) is 0 Å². The summed E-state index contributed by atoms with van der Waals surface area (Å²) < 4.78 is 3.93. The van der Waals surface area contributed by atoms with Gasteiger partial charge in [0.1, 0.15) is 11.7 Å². The molecule has 9 heteroatoms. The van der Waals surface area contributed by atoms with E-state index in [4.69, 9.17) is 5.10 Å². The predicted molar refractivity (Wildman–Crippen MR) is 113 cm³/mol. The molecule has 7 nitrogen and oxygen atoms in total. The zero-order valence-electron chi connectivity index (χ0n) is 15.8. The van der Waals surface area contributed by atoms with E-state index in [9.17, 15) is 4.79 Å². The zero-order chi connectivity index (χ0) is 18.1. The van der Waals surface area contributed by atoms with Crippen molar-refractivity contribution in [1.29, 1.82) is 0 Å². The summed E-state index contributed by atoms with van der Waals surface area (Å²) >= 11 is 0. The Morgan fingerprint density at radius 3 is 2.64 bits per heavy atom. The van der Waals surface area contributed by atoms with E-state index in [1.54, 1.807) is 25.2 Å². The Bertz CT molecular complexity index is 898. The maximum Gasteiger partial charge on any atom is 0.249 e. The monoisotopic (exact) mass is 422 g/mol. The number of amides is 1. The van der Waals surface area contributed by atoms with E-state index in [-0.39, 0.29) is 30.7 Å². The third-order valence-electron chi connectivity index (χ3n) is 4.64. The van der Waals surface area contributed by atoms with Gasteiger partial charge in [-0.2, -0.15) is 5.10 Å². The van der Waals surface area contributed by atoms with Crippen LogP contribution in [0.1, 0.15) is 17.3 Å². The third-order valence-corrected chi connectivity index (χ3v) is 4.64. The number of likely N-dealkylation sites (N-methyl/N-ethyl adjacent to an activating group) is 1. The largest absolute Gasteiger partial charge is 0.347 e. The Morgan fingerprint density at radius 1 is 1.21 bits per heavy atom. The van der Waals surface area contributed by atoms with Crippen molar-refractivity contribution in [1.82, 2.24) is 29.5 Å². The second-order valence-electron chi connectivity index (χ2n) is 6.62. The van der Waals surface area contributed by atoms with Crippen LogP contribution in [0.4, 0.5) is 0 Å². The summed E-state index contributed by atoms with van der Waals surface area (Å²) in [6, 6.07) is 11.4. The standard InChI is InChI=1S/C19H22N6O.2ClH/c1-23(2)19(26)17(14-6-4-3-5-7-14)24-10-9-21-18(24)16-12-15-13-20-8-11-25(15)22-16;;/h3-7,9-10,12,17,20H,8,11,13H2,1-2H3;2*1H. The molecular formula is C19H24Cl2N6O. The van der Waals surface area contributed by atoms with Gasteiger partial charge in [0.15, 0.2) is 5.82 Å². The molecule has 150 valence electrons. The van der Waals surface area contributed by atoms with Gasteiger partial charge in [-0.25, -0.2) is 4.98 Å². The van der Waals surface area contributed by atoms with Crippen molar-refractivity contribution in [3.05, 3.63) is 60.0 Å². The van der Waals surface area contributed by atoms with Gasteiger partial charge in [-0.05, 0) is 11.6 Å². The summed E-state index contributed by atoms with van der Waals surface area (Å²) in [7, 11) is 3.55. The van der Waals surface area contributed by atoms with E-state index in [0.29, 0.717) is 5.82 Å². The number of hydrogen-bond acceptors (Lipinski definition) is 4. The number of carbonyl (C=O) groups is 1. The van der Waals surface area contributed by atoms with Gasteiger partial charge in [0, 0.05) is 39.6 Å². The topological polar surface area (TPSA) is 68.0 Å². The van der Waals surface area contributed by atoms with Crippen LogP contribution in [0.5, 0.6) is 0 Å². The van der Waals surface area contributed by atoms with Crippen LogP contribution in [0.3, 0.4) is 0 Å². The Hall–Kier alpha value is -2.35. The fraction of sp³-hybridized carbons (Fsp3) is 0.316. The first-order chi connectivity index (χ1) is 12.6. The molecule has 3 heterocycles. The molecule has 2 aromatic heterocycles. The Kier molecular flexibility index (Phi) is 7.23. The van der Waals surface area contributed by atoms with Gasteiger partial charge in [-0.15, -0.1) is 24.8 Å². The predicted octanol–water partition coefficient (Wildman–Crippen LogP) is 2.37. The van der Waals surface area contributed by atoms with E-state index in [0.717, 1.165) is 36.6 Å². The first-order valence-electron chi connectivity index (χ1n) is 8.72. The van der Waals surface area contributed by atoms with Crippen LogP contribution in [0.15, 0.2) is 48.8 Å². The van der Waals surface area contributed by atoms with Crippen molar-refractivity contribution in [3.8, 4) is 11.5 Å². The van der Waals surface area contributed by atoms with Crippen LogP contribution < -0.4 is 5.32 Å². The van der Waals surface area contributed by atoms with Crippen molar-refractivity contribution in [2.75, 3.05) is 20.6 Å². The molecule has 1 amide bonds. The molecule has 0 aliphatic carbocycles. The molecule has 0 radical (unpaired) electrons. The Balaban J connectivity index is 0.00000140. The van der Waals surface area contributed by atoms with Crippen molar-refractivity contribution < 1.29 is 4.79 Å². The number of halogens is 2. The minimum absolute atomic E-state index is 0. The van der Waals surface area contributed by atoms with Crippen molar-refractivity contribution in [2.45, 2.75) is 19.1 Å². The fourth-order valence-electron chi connectivity index (χ4n) is 3.32. The second-order valence-corrected chi connectivity index (χ2v) is 6.62. The summed E-state index contributed by atoms with van der Waals surface area (Å²) in [6.07, 6.45) is 3.58. The highest BCUT2D eigenvalue weighted by Gasteiger charge is 2.27. The van der Waals surface area contributed by atoms with E-state index in [1.807, 2.05) is 51.8 Å². The molecular weight excluding hydrogens is 399 g/mol. The van der Waals surface area contributed by atoms with E-state index < -0.39 is 6.04 Å². The summed E-state index contributed by atoms with van der Waals surface area (Å²) in [4.78, 5) is 19.1. The number of hydrogen-bond donors (Lipinski definition) is 1. The van der Waals surface area contributed by atoms with Crippen LogP contribution in [0, 0.1) is 0 Å². The number of imidazole rings is 1. The van der Waals surface area contributed by atoms with Crippen molar-refractivity contribution in [3.63, 3.8) is 0 Å². The molecule has 4 rings (SSSR count). The maximum absolute atomic E-state index is 13.0. The van der Waals surface area contributed by atoms with Crippen molar-refractivity contribution in [2.24, 2.45) is 0 Å². The zero-order valence-corrected chi connectivity index (χ0v) is 17.4. The highest BCUT2D eigenvalue weighted by Crippen LogP contribution is 2.27. The number of carbonyl (C=O) groups excluding carboxylic acids is 1. The highest BCUT2D eigenvalue weighted by atomic mass is 35.5. The van der Waals surface area contributed by atoms with Crippen LogP contribution >= 0.6 is 24.8 Å². The van der Waals surface area contributed by atoms with Gasteiger partial charge in [-0.1, -0.05) is 30.3 Å². The first-order valence-corrected chi connectivity index (χ1v) is 8.72. The molecule has 0 saturated heterocycles. The number of aromatic nitrogens is 4. The van der Waals surface area contributed by atoms with Crippen molar-refractivity contribution >= 4 is 30.7 Å². The average molecular weight is 423 g/mol. The minimum atomic E-state index is -0.472. The SMILES string of the molecule is CN(C)C(=O)C(c1ccccc1)n1ccnc1-c1cc2n(n1)CCNC2.Cl.Cl. The smallest absolute Gasteiger partial charge is 0.249 e. The number of fused-ring (bicyclic) bond motifs is 1. The van der Waals surface area contributed by atoms with Gasteiger partial charge in [0.05, 0.1) is 12.2 Å². The van der Waals surface area contributed by atoms with Gasteiger partial charge >= 0.3 is 0 Å². The third kappa shape index (κ3) is 4.06. The van der Waals surface area contributed by atoms with Crippen LogP contribution in [-0.4, -0.2) is 50.8 Å². The van der Waals surface area contributed by atoms with E-state index in [1.165, 1.54) is 0 Å². The summed E-state index contributed by atoms with van der Waals surface area (Å²) in [5.74, 6) is 0.706. The summed E-state index contributed by atoms with van der Waals surface area (Å²) in [5, 5.41) is 8.05. The van der Waals surface area contributed by atoms with E-state index in [2.05, 4.69) is 10.3 Å². The quantitative estimate of drug-likeness (QED) is 0.700. The maximum atomic E-state index is 13.0. The second kappa shape index (κ2) is 9.23. The molecule has 0 bridgehead atoms. The number of rotatable bonds is 4. The summed E-state index contributed by atoms with van der Waals surface area (Å²) in [5.41, 5.74) is 2.85. The number of benzene rings is 1. The number of nitrogens with zero attached hydrogens (tertiary/aromatic N) is 5. The molecule has 1 atom stereocenters. The molecule has 0 fully saturated rings. The molecule has 1 unspecified atom stereocenters. The highest BCUT2D eigenvalue weighted by molar-refractivity contribution is 5.85. The first kappa shape index (κ1) is 21.9. The number of nitrogens with one attached hydrogen (secondary N) is 1. The van der Waals surface area contributed by atoms with Gasteiger partial charge in [0.25, 0.3) is 0 Å². The van der Waals surface area contributed by atoms with Crippen LogP contribution in [0.25, 0.3) is 11.5 Å². The lowest BCUT2D eigenvalue weighted by Gasteiger charge is -2.23. The van der Waals surface area contributed by atoms with Gasteiger partial charge < -0.3 is 14.8 Å². The average Bonchev–Trinajstić information content (AvgIpc) is 3.29. The lowest BCUT2D eigenvalue weighted by molar-refractivity contribution is -0.130. The van der Waals surface area contributed by atoms with Gasteiger partial charge in [0.2, 0.25) is 5.91 Å². The molecule has 3 aromatic rings. The van der Waals surface area contributed by atoms with E-state index >= 15 is 0 Å². The molecule has 28 heavy (non-hydrogen) atoms. The summed E-state index contributed by atoms with van der Waals surface area (Å²) in [6.45, 7) is 2.55. The lowest BCUT2D eigenvalue weighted by atomic mass is 10.1. The molecule has 1 aromatic carbocycles. The Morgan fingerprint density at radius 2 is 1.96 bits per heavy atom. The van der Waals surface area contributed by atoms with Crippen LogP contribution in [-0.2, 0) is 17.9 Å². The molecule has 1 aliphatic heterocycles.